The molecule has 1 atom stereocenters. The lowest BCUT2D eigenvalue weighted by molar-refractivity contribution is -0.703. The van der Waals surface area contributed by atoms with Crippen molar-refractivity contribution in [3.05, 3.63) is 23.8 Å². The number of phenolic OH excluding ortho intramolecular Hbond substituents is 1. The van der Waals surface area contributed by atoms with Gasteiger partial charge in [-0.2, -0.15) is 0 Å². The number of methoxy groups -OCH3 is 3. The smallest absolute Gasteiger partial charge is 0.206 e. The number of nitrogens with two attached hydrogens (primary N) is 1. The summed E-state index contributed by atoms with van der Waals surface area (Å²) >= 11 is 0. The molecule has 0 aromatic heterocycles. The highest BCUT2D eigenvalue weighted by atomic mass is 16.7. The highest BCUT2D eigenvalue weighted by Crippen LogP contribution is 2.27. The van der Waals surface area contributed by atoms with Crippen LogP contribution < -0.4 is 10.1 Å². The first-order chi connectivity index (χ1) is 8.62. The second kappa shape index (κ2) is 7.20. The zero-order valence-electron chi connectivity index (χ0n) is 11.3. The van der Waals surface area contributed by atoms with E-state index in [0.29, 0.717) is 12.3 Å². The molecule has 0 aliphatic heterocycles. The molecular formula is C13H22NO4+. The highest BCUT2D eigenvalue weighted by Gasteiger charge is 2.14. The van der Waals surface area contributed by atoms with Crippen LogP contribution in [0.3, 0.4) is 0 Å². The van der Waals surface area contributed by atoms with Gasteiger partial charge in [0.1, 0.15) is 12.6 Å². The van der Waals surface area contributed by atoms with Gasteiger partial charge in [-0.3, -0.25) is 0 Å². The first kappa shape index (κ1) is 14.8. The van der Waals surface area contributed by atoms with Crippen molar-refractivity contribution in [1.82, 2.24) is 0 Å². The zero-order chi connectivity index (χ0) is 13.5. The standard InChI is InChI=1S/C13H21NO4/c1-9(14-8-13(17-3)18-4)10-5-6-12(16-2)11(15)7-10/h5-7,9,13-15H,8H2,1-4H3/p+1/t9-/m1/s1. The second-order valence-corrected chi connectivity index (χ2v) is 4.09. The van der Waals surface area contributed by atoms with Gasteiger partial charge >= 0.3 is 0 Å². The molecule has 0 radical (unpaired) electrons. The van der Waals surface area contributed by atoms with Gasteiger partial charge in [-0.1, -0.05) is 0 Å². The lowest BCUT2D eigenvalue weighted by atomic mass is 10.1. The lowest BCUT2D eigenvalue weighted by Gasteiger charge is -2.16. The van der Waals surface area contributed by atoms with Gasteiger partial charge < -0.3 is 24.6 Å². The maximum absolute atomic E-state index is 9.72. The van der Waals surface area contributed by atoms with E-state index in [9.17, 15) is 5.11 Å². The Kier molecular flexibility index (Phi) is 5.91. The summed E-state index contributed by atoms with van der Waals surface area (Å²) in [6.07, 6.45) is -0.223. The summed E-state index contributed by atoms with van der Waals surface area (Å²) in [6, 6.07) is 5.62. The molecule has 0 aliphatic carbocycles. The van der Waals surface area contributed by atoms with Gasteiger partial charge in [-0.05, 0) is 25.1 Å². The fourth-order valence-corrected chi connectivity index (χ4v) is 1.73. The van der Waals surface area contributed by atoms with Gasteiger partial charge in [0.05, 0.1) is 7.11 Å². The van der Waals surface area contributed by atoms with Crippen LogP contribution in [0, 0.1) is 0 Å². The predicted molar refractivity (Wildman–Crippen MR) is 67.7 cm³/mol. The van der Waals surface area contributed by atoms with E-state index in [1.807, 2.05) is 6.07 Å². The number of phenols is 1. The summed E-state index contributed by atoms with van der Waals surface area (Å²) in [6.45, 7) is 2.75. The third kappa shape index (κ3) is 3.87. The van der Waals surface area contributed by atoms with E-state index < -0.39 is 0 Å². The normalized spacial score (nSPS) is 12.7. The summed E-state index contributed by atoms with van der Waals surface area (Å²) < 4.78 is 15.3. The zero-order valence-corrected chi connectivity index (χ0v) is 11.3. The van der Waals surface area contributed by atoms with Crippen LogP contribution in [0.2, 0.25) is 0 Å². The van der Waals surface area contributed by atoms with Gasteiger partial charge in [-0.15, -0.1) is 0 Å². The van der Waals surface area contributed by atoms with Crippen LogP contribution >= 0.6 is 0 Å². The Balaban J connectivity index is 2.61. The van der Waals surface area contributed by atoms with Crippen LogP contribution in [-0.4, -0.2) is 39.3 Å². The minimum atomic E-state index is -0.223. The molecule has 0 aliphatic rings. The summed E-state index contributed by atoms with van der Waals surface area (Å²) in [5, 5.41) is 11.8. The van der Waals surface area contributed by atoms with Crippen molar-refractivity contribution in [2.24, 2.45) is 0 Å². The quantitative estimate of drug-likeness (QED) is 0.703. The Morgan fingerprint density at radius 1 is 1.22 bits per heavy atom. The summed E-state index contributed by atoms with van der Waals surface area (Å²) in [7, 11) is 4.77. The molecule has 3 N–H and O–H groups in total. The van der Waals surface area contributed by atoms with Crippen molar-refractivity contribution >= 4 is 0 Å². The van der Waals surface area contributed by atoms with E-state index in [-0.39, 0.29) is 18.1 Å². The molecule has 0 heterocycles. The van der Waals surface area contributed by atoms with Crippen LogP contribution in [0.25, 0.3) is 0 Å². The third-order valence-corrected chi connectivity index (χ3v) is 2.94. The van der Waals surface area contributed by atoms with Crippen molar-refractivity contribution in [3.63, 3.8) is 0 Å². The Morgan fingerprint density at radius 2 is 1.89 bits per heavy atom. The summed E-state index contributed by atoms with van der Waals surface area (Å²) in [4.78, 5) is 0. The van der Waals surface area contributed by atoms with Gasteiger partial charge in [0.25, 0.3) is 0 Å². The van der Waals surface area contributed by atoms with E-state index >= 15 is 0 Å². The van der Waals surface area contributed by atoms with Crippen molar-refractivity contribution in [2.75, 3.05) is 27.9 Å². The van der Waals surface area contributed by atoms with Gasteiger partial charge in [-0.25, -0.2) is 0 Å². The Bertz CT molecular complexity index is 366. The molecule has 0 bridgehead atoms. The second-order valence-electron chi connectivity index (χ2n) is 4.09. The Hall–Kier alpha value is -1.30. The fourth-order valence-electron chi connectivity index (χ4n) is 1.73. The average Bonchev–Trinajstić information content (AvgIpc) is 2.39. The first-order valence-electron chi connectivity index (χ1n) is 5.88. The summed E-state index contributed by atoms with van der Waals surface area (Å²) in [5.74, 6) is 0.642. The van der Waals surface area contributed by atoms with E-state index in [1.165, 1.54) is 7.11 Å². The summed E-state index contributed by atoms with van der Waals surface area (Å²) in [5.41, 5.74) is 1.03. The first-order valence-corrected chi connectivity index (χ1v) is 5.88. The van der Waals surface area contributed by atoms with Gasteiger partial charge in [0, 0.05) is 19.8 Å². The predicted octanol–water partition coefficient (Wildman–Crippen LogP) is 0.644. The van der Waals surface area contributed by atoms with Gasteiger partial charge in [0.2, 0.25) is 6.29 Å². The molecular weight excluding hydrogens is 234 g/mol. The van der Waals surface area contributed by atoms with E-state index in [4.69, 9.17) is 14.2 Å². The van der Waals surface area contributed by atoms with Crippen LogP contribution in [0.5, 0.6) is 11.5 Å². The average molecular weight is 256 g/mol. The molecule has 0 amide bonds. The maximum atomic E-state index is 9.72. The number of hydrogen-bond donors (Lipinski definition) is 2. The molecule has 5 heteroatoms. The lowest BCUT2D eigenvalue weighted by Crippen LogP contribution is -2.86. The molecule has 18 heavy (non-hydrogen) atoms. The fraction of sp³-hybridized carbons (Fsp3) is 0.538. The minimum absolute atomic E-state index is 0.158. The molecule has 0 saturated carbocycles. The Labute approximate surface area is 108 Å². The number of benzene rings is 1. The van der Waals surface area contributed by atoms with E-state index in [0.717, 1.165) is 5.56 Å². The number of quaternary nitrogens is 1. The van der Waals surface area contributed by atoms with Crippen molar-refractivity contribution in [3.8, 4) is 11.5 Å². The molecule has 1 aromatic carbocycles. The molecule has 0 fully saturated rings. The van der Waals surface area contributed by atoms with Crippen LogP contribution in [0.4, 0.5) is 0 Å². The molecule has 0 unspecified atom stereocenters. The van der Waals surface area contributed by atoms with Crippen LogP contribution in [0.15, 0.2) is 18.2 Å². The SMILES string of the molecule is COc1ccc([C@@H](C)[NH2+]CC(OC)OC)cc1O. The molecule has 0 spiro atoms. The topological polar surface area (TPSA) is 64.5 Å². The van der Waals surface area contributed by atoms with Crippen LogP contribution in [-0.2, 0) is 9.47 Å². The maximum Gasteiger partial charge on any atom is 0.206 e. The number of aromatic hydroxyl groups is 1. The molecule has 1 aromatic rings. The van der Waals surface area contributed by atoms with Crippen molar-refractivity contribution < 1.29 is 24.6 Å². The van der Waals surface area contributed by atoms with Gasteiger partial charge in [0.15, 0.2) is 11.5 Å². The molecule has 5 nitrogen and oxygen atoms in total. The third-order valence-electron chi connectivity index (χ3n) is 2.94. The number of hydrogen-bond acceptors (Lipinski definition) is 4. The number of rotatable bonds is 7. The molecule has 102 valence electrons. The van der Waals surface area contributed by atoms with Crippen LogP contribution in [0.1, 0.15) is 18.5 Å². The van der Waals surface area contributed by atoms with Crippen molar-refractivity contribution in [2.45, 2.75) is 19.3 Å². The largest absolute Gasteiger partial charge is 0.504 e. The Morgan fingerprint density at radius 3 is 2.39 bits per heavy atom. The highest BCUT2D eigenvalue weighted by molar-refractivity contribution is 5.42. The number of ether oxygens (including phenoxy) is 3. The minimum Gasteiger partial charge on any atom is -0.504 e. The van der Waals surface area contributed by atoms with Crippen molar-refractivity contribution in [1.29, 1.82) is 0 Å². The molecule has 0 saturated heterocycles. The monoisotopic (exact) mass is 256 g/mol. The molecule has 1 rings (SSSR count). The van der Waals surface area contributed by atoms with E-state index in [2.05, 4.69) is 12.2 Å². The van der Waals surface area contributed by atoms with E-state index in [1.54, 1.807) is 26.4 Å².